The molecular formula is C16H23N3O3S. The second-order valence-corrected chi connectivity index (χ2v) is 8.56. The molecule has 0 atom stereocenters. The lowest BCUT2D eigenvalue weighted by molar-refractivity contribution is -0.124. The number of benzene rings is 1. The topological polar surface area (TPSA) is 92.5 Å². The molecule has 126 valence electrons. The van der Waals surface area contributed by atoms with E-state index in [1.54, 1.807) is 24.3 Å². The molecular weight excluding hydrogens is 314 g/mol. The van der Waals surface area contributed by atoms with Gasteiger partial charge in [-0.2, -0.15) is 4.31 Å². The third-order valence-corrected chi connectivity index (χ3v) is 6.60. The second kappa shape index (κ2) is 5.89. The fourth-order valence-corrected chi connectivity index (χ4v) is 4.26. The van der Waals surface area contributed by atoms with Crippen molar-refractivity contribution in [2.24, 2.45) is 5.73 Å². The van der Waals surface area contributed by atoms with Crippen LogP contribution in [0.25, 0.3) is 0 Å². The number of hydrogen-bond donors (Lipinski definition) is 2. The summed E-state index contributed by atoms with van der Waals surface area (Å²) < 4.78 is 26.7. The average Bonchev–Trinajstić information content (AvgIpc) is 3.27. The van der Waals surface area contributed by atoms with Crippen molar-refractivity contribution in [3.63, 3.8) is 0 Å². The maximum atomic E-state index is 12.6. The zero-order valence-electron chi connectivity index (χ0n) is 13.3. The Labute approximate surface area is 137 Å². The molecule has 1 aromatic rings. The summed E-state index contributed by atoms with van der Waals surface area (Å²) in [6.07, 6.45) is 2.71. The second-order valence-electron chi connectivity index (χ2n) is 6.62. The Balaban J connectivity index is 1.60. The number of nitrogens with one attached hydrogen (secondary N) is 1. The maximum Gasteiger partial charge on any atom is 0.243 e. The van der Waals surface area contributed by atoms with Gasteiger partial charge in [0, 0.05) is 19.1 Å². The first kappa shape index (κ1) is 16.4. The molecule has 0 spiro atoms. The van der Waals surface area contributed by atoms with Crippen LogP contribution in [0.3, 0.4) is 0 Å². The summed E-state index contributed by atoms with van der Waals surface area (Å²) >= 11 is 0. The van der Waals surface area contributed by atoms with E-state index in [2.05, 4.69) is 5.32 Å². The van der Waals surface area contributed by atoms with E-state index in [9.17, 15) is 13.2 Å². The van der Waals surface area contributed by atoms with E-state index in [-0.39, 0.29) is 11.9 Å². The van der Waals surface area contributed by atoms with Crippen molar-refractivity contribution >= 4 is 15.9 Å². The van der Waals surface area contributed by atoms with Gasteiger partial charge in [-0.15, -0.1) is 0 Å². The van der Waals surface area contributed by atoms with Crippen molar-refractivity contribution in [3.05, 3.63) is 29.8 Å². The van der Waals surface area contributed by atoms with Gasteiger partial charge >= 0.3 is 0 Å². The Morgan fingerprint density at radius 3 is 2.30 bits per heavy atom. The van der Waals surface area contributed by atoms with E-state index in [0.717, 1.165) is 18.4 Å². The summed E-state index contributed by atoms with van der Waals surface area (Å²) in [5, 5.41) is 2.96. The van der Waals surface area contributed by atoms with Crippen LogP contribution in [0.1, 0.15) is 31.2 Å². The normalized spacial score (nSPS) is 21.8. The third kappa shape index (κ3) is 3.41. The van der Waals surface area contributed by atoms with Crippen LogP contribution >= 0.6 is 0 Å². The van der Waals surface area contributed by atoms with Gasteiger partial charge in [-0.25, -0.2) is 8.42 Å². The Morgan fingerprint density at radius 2 is 1.78 bits per heavy atom. The number of amides is 1. The highest BCUT2D eigenvalue weighted by Gasteiger charge is 2.46. The first-order valence-corrected chi connectivity index (χ1v) is 9.42. The fraction of sp³-hybridized carbons (Fsp3) is 0.562. The lowest BCUT2D eigenvalue weighted by Crippen LogP contribution is -2.51. The summed E-state index contributed by atoms with van der Waals surface area (Å²) in [5.41, 5.74) is 6.23. The summed E-state index contributed by atoms with van der Waals surface area (Å²) in [6.45, 7) is 2.76. The van der Waals surface area contributed by atoms with E-state index in [4.69, 9.17) is 5.73 Å². The maximum absolute atomic E-state index is 12.6. The van der Waals surface area contributed by atoms with Crippen LogP contribution in [0.4, 0.5) is 0 Å². The van der Waals surface area contributed by atoms with Gasteiger partial charge in [-0.1, -0.05) is 17.7 Å². The molecule has 1 saturated carbocycles. The molecule has 3 N–H and O–H groups in total. The van der Waals surface area contributed by atoms with Crippen molar-refractivity contribution in [2.45, 2.75) is 49.1 Å². The van der Waals surface area contributed by atoms with E-state index in [0.29, 0.717) is 30.8 Å². The number of aryl methyl sites for hydroxylation is 1. The van der Waals surface area contributed by atoms with E-state index < -0.39 is 15.6 Å². The predicted octanol–water partition coefficient (Wildman–Crippen LogP) is 0.756. The van der Waals surface area contributed by atoms with Crippen LogP contribution in [-0.4, -0.2) is 43.3 Å². The molecule has 23 heavy (non-hydrogen) atoms. The minimum absolute atomic E-state index is 0.00740. The smallest absolute Gasteiger partial charge is 0.243 e. The lowest BCUT2D eigenvalue weighted by Gasteiger charge is -2.32. The van der Waals surface area contributed by atoms with Crippen LogP contribution in [0.2, 0.25) is 0 Å². The molecule has 6 nitrogen and oxygen atoms in total. The number of carbonyl (C=O) groups excluding carboxylic acids is 1. The minimum atomic E-state index is -3.45. The third-order valence-electron chi connectivity index (χ3n) is 4.69. The predicted molar refractivity (Wildman–Crippen MR) is 87.3 cm³/mol. The molecule has 1 aromatic carbocycles. The summed E-state index contributed by atoms with van der Waals surface area (Å²) in [6, 6.07) is 6.90. The van der Waals surface area contributed by atoms with E-state index >= 15 is 0 Å². The average molecular weight is 337 g/mol. The van der Waals surface area contributed by atoms with E-state index in [1.165, 1.54) is 4.31 Å². The van der Waals surface area contributed by atoms with Crippen LogP contribution in [0, 0.1) is 6.92 Å². The fourth-order valence-electron chi connectivity index (χ4n) is 2.79. The number of nitrogens with zero attached hydrogens (tertiary/aromatic N) is 1. The van der Waals surface area contributed by atoms with Gasteiger partial charge in [0.25, 0.3) is 0 Å². The SMILES string of the molecule is Cc1ccc(S(=O)(=O)N2CCC(NC(=O)C3(N)CC3)CC2)cc1. The van der Waals surface area contributed by atoms with Crippen molar-refractivity contribution in [1.29, 1.82) is 0 Å². The van der Waals surface area contributed by atoms with Crippen molar-refractivity contribution in [3.8, 4) is 0 Å². The van der Waals surface area contributed by atoms with Crippen LogP contribution in [0.15, 0.2) is 29.2 Å². The number of piperidine rings is 1. The summed E-state index contributed by atoms with van der Waals surface area (Å²) in [7, 11) is -3.45. The van der Waals surface area contributed by atoms with Crippen molar-refractivity contribution in [2.75, 3.05) is 13.1 Å². The Bertz CT molecular complexity index is 688. The highest BCUT2D eigenvalue weighted by atomic mass is 32.2. The zero-order chi connectivity index (χ0) is 16.7. The molecule has 1 aliphatic carbocycles. The molecule has 0 aromatic heterocycles. The number of sulfonamides is 1. The minimum Gasteiger partial charge on any atom is -0.352 e. The van der Waals surface area contributed by atoms with Crippen LogP contribution in [-0.2, 0) is 14.8 Å². The lowest BCUT2D eigenvalue weighted by atomic mass is 10.1. The van der Waals surface area contributed by atoms with Crippen molar-refractivity contribution in [1.82, 2.24) is 9.62 Å². The van der Waals surface area contributed by atoms with Crippen LogP contribution < -0.4 is 11.1 Å². The molecule has 2 fully saturated rings. The van der Waals surface area contributed by atoms with Gasteiger partial charge in [0.05, 0.1) is 10.4 Å². The van der Waals surface area contributed by atoms with Gasteiger partial charge < -0.3 is 11.1 Å². The largest absolute Gasteiger partial charge is 0.352 e. The first-order chi connectivity index (χ1) is 10.8. The molecule has 1 saturated heterocycles. The summed E-state index contributed by atoms with van der Waals surface area (Å²) in [5.74, 6) is -0.0997. The molecule has 0 bridgehead atoms. The standard InChI is InChI=1S/C16H23N3O3S/c1-12-2-4-14(5-3-12)23(21,22)19-10-6-13(7-11-19)18-15(20)16(17)8-9-16/h2-5,13H,6-11,17H2,1H3,(H,18,20). The molecule has 0 radical (unpaired) electrons. The van der Waals surface area contributed by atoms with Gasteiger partial charge in [0.15, 0.2) is 0 Å². The van der Waals surface area contributed by atoms with E-state index in [1.807, 2.05) is 6.92 Å². The number of nitrogens with two attached hydrogens (primary N) is 1. The Hall–Kier alpha value is -1.44. The number of hydrogen-bond acceptors (Lipinski definition) is 4. The van der Waals surface area contributed by atoms with Crippen molar-refractivity contribution < 1.29 is 13.2 Å². The van der Waals surface area contributed by atoms with Gasteiger partial charge in [-0.05, 0) is 44.7 Å². The Kier molecular flexibility index (Phi) is 4.20. The Morgan fingerprint density at radius 1 is 1.22 bits per heavy atom. The van der Waals surface area contributed by atoms with Gasteiger partial charge in [0.2, 0.25) is 15.9 Å². The first-order valence-electron chi connectivity index (χ1n) is 7.98. The molecule has 1 amide bonds. The molecule has 7 heteroatoms. The molecule has 0 unspecified atom stereocenters. The zero-order valence-corrected chi connectivity index (χ0v) is 14.1. The summed E-state index contributed by atoms with van der Waals surface area (Å²) in [4.78, 5) is 12.3. The molecule has 3 rings (SSSR count). The quantitative estimate of drug-likeness (QED) is 0.848. The monoisotopic (exact) mass is 337 g/mol. The molecule has 1 aliphatic heterocycles. The highest BCUT2D eigenvalue weighted by Crippen LogP contribution is 2.32. The van der Waals surface area contributed by atoms with Crippen LogP contribution in [0.5, 0.6) is 0 Å². The number of carbonyl (C=O) groups is 1. The number of rotatable bonds is 4. The van der Waals surface area contributed by atoms with Gasteiger partial charge in [0.1, 0.15) is 0 Å². The molecule has 1 heterocycles. The van der Waals surface area contributed by atoms with Gasteiger partial charge in [-0.3, -0.25) is 4.79 Å². The highest BCUT2D eigenvalue weighted by molar-refractivity contribution is 7.89. The molecule has 2 aliphatic rings.